The molecular weight excluding hydrogens is 769 g/mol. The van der Waals surface area contributed by atoms with Crippen LogP contribution in [0, 0.1) is 0 Å². The molecule has 0 heterocycles. The molecule has 6 heteroatoms. The van der Waals surface area contributed by atoms with Gasteiger partial charge in [-0.05, 0) is 83.5 Å². The molecule has 0 amide bonds. The van der Waals surface area contributed by atoms with Gasteiger partial charge in [-0.1, -0.05) is 216 Å². The maximum Gasteiger partial charge on any atom is 0.306 e. The molecule has 0 bridgehead atoms. The van der Waals surface area contributed by atoms with Gasteiger partial charge in [-0.25, -0.2) is 0 Å². The quantitative estimate of drug-likeness (QED) is 0.0262. The van der Waals surface area contributed by atoms with Crippen molar-refractivity contribution in [2.24, 2.45) is 0 Å². The number of hydrogen-bond donors (Lipinski definition) is 0. The highest BCUT2D eigenvalue weighted by Gasteiger charge is 2.19. The van der Waals surface area contributed by atoms with Crippen LogP contribution in [0.4, 0.5) is 0 Å². The molecule has 0 spiro atoms. The normalized spacial score (nSPS) is 12.5. The van der Waals surface area contributed by atoms with Gasteiger partial charge in [-0.2, -0.15) is 0 Å². The molecule has 0 rings (SSSR count). The summed E-state index contributed by atoms with van der Waals surface area (Å²) in [4.78, 5) is 37.9. The Morgan fingerprint density at radius 1 is 0.323 bits per heavy atom. The molecule has 0 fully saturated rings. The fourth-order valence-electron chi connectivity index (χ4n) is 7.25. The van der Waals surface area contributed by atoms with Crippen LogP contribution >= 0.6 is 0 Å². The van der Waals surface area contributed by atoms with Crippen molar-refractivity contribution >= 4 is 17.9 Å². The van der Waals surface area contributed by atoms with Crippen LogP contribution in [-0.4, -0.2) is 37.2 Å². The van der Waals surface area contributed by atoms with Crippen LogP contribution in [0.25, 0.3) is 0 Å². The minimum Gasteiger partial charge on any atom is -0.462 e. The summed E-state index contributed by atoms with van der Waals surface area (Å²) in [5.74, 6) is -0.951. The second-order valence-corrected chi connectivity index (χ2v) is 17.4. The van der Waals surface area contributed by atoms with Crippen LogP contribution in [0.1, 0.15) is 258 Å². The number of allylic oxidation sites excluding steroid dienone is 10. The Labute approximate surface area is 383 Å². The van der Waals surface area contributed by atoms with Gasteiger partial charge in [0.2, 0.25) is 0 Å². The Balaban J connectivity index is 4.43. The summed E-state index contributed by atoms with van der Waals surface area (Å²) in [6.07, 6.45) is 62.1. The molecule has 6 nitrogen and oxygen atoms in total. The lowest BCUT2D eigenvalue weighted by atomic mass is 10.1. The number of hydrogen-bond acceptors (Lipinski definition) is 6. The maximum atomic E-state index is 12.8. The molecule has 0 aromatic heterocycles. The Kier molecular flexibility index (Phi) is 48.4. The summed E-state index contributed by atoms with van der Waals surface area (Å²) in [6.45, 7) is 6.55. The zero-order valence-electron chi connectivity index (χ0n) is 40.9. The van der Waals surface area contributed by atoms with E-state index in [-0.39, 0.29) is 37.5 Å². The van der Waals surface area contributed by atoms with E-state index >= 15 is 0 Å². The van der Waals surface area contributed by atoms with Crippen molar-refractivity contribution in [1.82, 2.24) is 0 Å². The molecule has 358 valence electrons. The molecule has 1 atom stereocenters. The predicted octanol–water partition coefficient (Wildman–Crippen LogP) is 17.3. The summed E-state index contributed by atoms with van der Waals surface area (Å²) >= 11 is 0. The smallest absolute Gasteiger partial charge is 0.306 e. The molecular formula is C56H98O6. The Morgan fingerprint density at radius 3 is 1.00 bits per heavy atom. The van der Waals surface area contributed by atoms with Gasteiger partial charge in [0.25, 0.3) is 0 Å². The predicted molar refractivity (Wildman–Crippen MR) is 265 cm³/mol. The van der Waals surface area contributed by atoms with Crippen LogP contribution in [0.3, 0.4) is 0 Å². The fourth-order valence-corrected chi connectivity index (χ4v) is 7.25. The first-order valence-electron chi connectivity index (χ1n) is 26.3. The number of carbonyl (C=O) groups is 3. The van der Waals surface area contributed by atoms with E-state index in [2.05, 4.69) is 81.5 Å². The summed E-state index contributed by atoms with van der Waals surface area (Å²) in [5.41, 5.74) is 0. The zero-order valence-corrected chi connectivity index (χ0v) is 40.9. The lowest BCUT2D eigenvalue weighted by molar-refractivity contribution is -0.167. The van der Waals surface area contributed by atoms with E-state index in [4.69, 9.17) is 14.2 Å². The van der Waals surface area contributed by atoms with Gasteiger partial charge in [0, 0.05) is 19.3 Å². The molecule has 0 aliphatic rings. The van der Waals surface area contributed by atoms with Crippen LogP contribution in [0.2, 0.25) is 0 Å². The van der Waals surface area contributed by atoms with Crippen molar-refractivity contribution in [1.29, 1.82) is 0 Å². The average Bonchev–Trinajstić information content (AvgIpc) is 3.27. The van der Waals surface area contributed by atoms with E-state index < -0.39 is 6.10 Å². The number of esters is 3. The second kappa shape index (κ2) is 50.8. The van der Waals surface area contributed by atoms with Crippen molar-refractivity contribution in [2.75, 3.05) is 13.2 Å². The van der Waals surface area contributed by atoms with Gasteiger partial charge in [0.15, 0.2) is 6.10 Å². The largest absolute Gasteiger partial charge is 0.462 e. The standard InChI is InChI=1S/C56H98O6/c1-4-7-10-13-16-19-22-24-26-28-30-32-34-37-40-43-46-49-55(58)61-52-53(51-60-54(57)48-45-42-39-36-21-18-15-12-9-6-3)62-56(59)50-47-44-41-38-35-33-31-29-27-25-23-20-17-14-11-8-5-2/h17,20,24-27,30,32,37,40,53H,4-16,18-19,21-23,28-29,31,33-36,38-39,41-52H2,1-3H3/b20-17-,26-24-,27-25-,32-30-,40-37-. The molecule has 0 saturated heterocycles. The Hall–Kier alpha value is -2.89. The van der Waals surface area contributed by atoms with E-state index in [1.807, 2.05) is 0 Å². The Morgan fingerprint density at radius 2 is 0.597 bits per heavy atom. The highest BCUT2D eigenvalue weighted by Crippen LogP contribution is 2.14. The first-order chi connectivity index (χ1) is 30.5. The SMILES string of the molecule is CCCCC/C=C\C/C=C\CCCCCCCCCC(=O)OC(COC(=O)CCC/C=C\C/C=C\C/C=C\CCCCCCCC)COC(=O)CCCCCCCCCCCC. The summed E-state index contributed by atoms with van der Waals surface area (Å²) in [6, 6.07) is 0. The van der Waals surface area contributed by atoms with Gasteiger partial charge < -0.3 is 14.2 Å². The molecule has 0 aromatic rings. The van der Waals surface area contributed by atoms with E-state index in [9.17, 15) is 14.4 Å². The van der Waals surface area contributed by atoms with E-state index in [1.165, 1.54) is 141 Å². The van der Waals surface area contributed by atoms with Gasteiger partial charge in [0.1, 0.15) is 13.2 Å². The topological polar surface area (TPSA) is 78.9 Å². The molecule has 0 radical (unpaired) electrons. The second-order valence-electron chi connectivity index (χ2n) is 17.4. The summed E-state index contributed by atoms with van der Waals surface area (Å²) in [5, 5.41) is 0. The van der Waals surface area contributed by atoms with E-state index in [0.717, 1.165) is 70.6 Å². The minimum atomic E-state index is -0.795. The lowest BCUT2D eigenvalue weighted by Gasteiger charge is -2.18. The molecule has 62 heavy (non-hydrogen) atoms. The number of unbranched alkanes of at least 4 members (excludes halogenated alkanes) is 26. The van der Waals surface area contributed by atoms with Crippen molar-refractivity contribution in [3.05, 3.63) is 60.8 Å². The highest BCUT2D eigenvalue weighted by molar-refractivity contribution is 5.71. The molecule has 0 N–H and O–H groups in total. The fraction of sp³-hybridized carbons (Fsp3) is 0.768. The lowest BCUT2D eigenvalue weighted by Crippen LogP contribution is -2.30. The number of ether oxygens (including phenoxy) is 3. The summed E-state index contributed by atoms with van der Waals surface area (Å²) in [7, 11) is 0. The first-order valence-corrected chi connectivity index (χ1v) is 26.3. The Bertz CT molecular complexity index is 1130. The van der Waals surface area contributed by atoms with Crippen molar-refractivity contribution in [3.63, 3.8) is 0 Å². The maximum absolute atomic E-state index is 12.8. The van der Waals surface area contributed by atoms with Gasteiger partial charge in [-0.15, -0.1) is 0 Å². The monoisotopic (exact) mass is 867 g/mol. The third-order valence-electron chi connectivity index (χ3n) is 11.2. The molecule has 1 unspecified atom stereocenters. The minimum absolute atomic E-state index is 0.0915. The highest BCUT2D eigenvalue weighted by atomic mass is 16.6. The molecule has 0 saturated carbocycles. The van der Waals surface area contributed by atoms with Crippen LogP contribution in [-0.2, 0) is 28.6 Å². The van der Waals surface area contributed by atoms with Crippen LogP contribution in [0.5, 0.6) is 0 Å². The molecule has 0 aliphatic carbocycles. The van der Waals surface area contributed by atoms with Crippen molar-refractivity contribution in [3.8, 4) is 0 Å². The van der Waals surface area contributed by atoms with E-state index in [0.29, 0.717) is 19.3 Å². The average molecular weight is 867 g/mol. The number of carbonyl (C=O) groups excluding carboxylic acids is 3. The van der Waals surface area contributed by atoms with Crippen molar-refractivity contribution < 1.29 is 28.6 Å². The van der Waals surface area contributed by atoms with Crippen LogP contribution < -0.4 is 0 Å². The third kappa shape index (κ3) is 48.1. The molecule has 0 aromatic carbocycles. The number of rotatable bonds is 47. The van der Waals surface area contributed by atoms with E-state index in [1.54, 1.807) is 0 Å². The van der Waals surface area contributed by atoms with Gasteiger partial charge in [-0.3, -0.25) is 14.4 Å². The van der Waals surface area contributed by atoms with Gasteiger partial charge in [0.05, 0.1) is 0 Å². The van der Waals surface area contributed by atoms with Crippen molar-refractivity contribution in [2.45, 2.75) is 264 Å². The summed E-state index contributed by atoms with van der Waals surface area (Å²) < 4.78 is 16.7. The first kappa shape index (κ1) is 59.1. The molecule has 0 aliphatic heterocycles. The third-order valence-corrected chi connectivity index (χ3v) is 11.2. The zero-order chi connectivity index (χ0) is 45.1. The van der Waals surface area contributed by atoms with Gasteiger partial charge >= 0.3 is 17.9 Å². The van der Waals surface area contributed by atoms with Crippen LogP contribution in [0.15, 0.2) is 60.8 Å².